The summed E-state index contributed by atoms with van der Waals surface area (Å²) in [7, 11) is 0. The highest BCUT2D eigenvalue weighted by atomic mass is 16.4. The first kappa shape index (κ1) is 27.2. The number of nitrogens with two attached hydrogens (primary N) is 1. The number of aliphatic hydroxyl groups is 1. The van der Waals surface area contributed by atoms with Crippen LogP contribution in [-0.4, -0.2) is 75.3 Å². The number of carboxylic acids is 1. The zero-order chi connectivity index (χ0) is 26.9. The number of phenols is 1. The summed E-state index contributed by atoms with van der Waals surface area (Å²) in [5.74, 6) is -3.44. The number of rotatable bonds is 12. The van der Waals surface area contributed by atoms with Gasteiger partial charge in [-0.15, -0.1) is 0 Å². The molecule has 0 radical (unpaired) electrons. The average Bonchev–Trinajstić information content (AvgIpc) is 3.29. The van der Waals surface area contributed by atoms with Gasteiger partial charge >= 0.3 is 5.97 Å². The molecular weight excluding hydrogens is 482 g/mol. The number of phenolic OH excluding ortho intramolecular Hbond substituents is 1. The maximum Gasteiger partial charge on any atom is 0.322 e. The van der Waals surface area contributed by atoms with Crippen LogP contribution in [-0.2, 0) is 32.0 Å². The van der Waals surface area contributed by atoms with Crippen LogP contribution in [0.25, 0.3) is 10.9 Å². The molecular formula is C25H29N5O7. The first-order valence-corrected chi connectivity index (χ1v) is 11.5. The van der Waals surface area contributed by atoms with E-state index < -0.39 is 55.0 Å². The van der Waals surface area contributed by atoms with Crippen LogP contribution in [0.3, 0.4) is 0 Å². The predicted molar refractivity (Wildman–Crippen MR) is 133 cm³/mol. The molecule has 0 saturated carbocycles. The Bertz CT molecular complexity index is 1260. The molecule has 3 rings (SSSR count). The quantitative estimate of drug-likeness (QED) is 0.153. The van der Waals surface area contributed by atoms with Crippen LogP contribution in [0.5, 0.6) is 5.75 Å². The number of para-hydroxylation sites is 1. The second kappa shape index (κ2) is 12.5. The van der Waals surface area contributed by atoms with Crippen LogP contribution < -0.4 is 21.7 Å². The van der Waals surface area contributed by atoms with Crippen LogP contribution in [0.2, 0.25) is 0 Å². The van der Waals surface area contributed by atoms with Crippen molar-refractivity contribution in [1.29, 1.82) is 0 Å². The third kappa shape index (κ3) is 7.53. The molecule has 0 saturated heterocycles. The van der Waals surface area contributed by atoms with Gasteiger partial charge in [0.2, 0.25) is 17.7 Å². The lowest BCUT2D eigenvalue weighted by molar-refractivity contribution is -0.138. The van der Waals surface area contributed by atoms with Crippen LogP contribution in [0.15, 0.2) is 54.7 Å². The van der Waals surface area contributed by atoms with Crippen molar-refractivity contribution in [3.63, 3.8) is 0 Å². The van der Waals surface area contributed by atoms with Crippen LogP contribution in [0.1, 0.15) is 11.1 Å². The predicted octanol–water partition coefficient (Wildman–Crippen LogP) is -0.851. The van der Waals surface area contributed by atoms with E-state index in [4.69, 9.17) is 10.8 Å². The van der Waals surface area contributed by atoms with Crippen LogP contribution >= 0.6 is 0 Å². The molecule has 37 heavy (non-hydrogen) atoms. The highest BCUT2D eigenvalue weighted by Gasteiger charge is 2.29. The number of carbonyl (C=O) groups is 4. The summed E-state index contributed by atoms with van der Waals surface area (Å²) >= 11 is 0. The zero-order valence-electron chi connectivity index (χ0n) is 19.8. The van der Waals surface area contributed by atoms with Gasteiger partial charge in [-0.3, -0.25) is 19.2 Å². The summed E-state index contributed by atoms with van der Waals surface area (Å²) < 4.78 is 0. The second-order valence-electron chi connectivity index (χ2n) is 8.46. The van der Waals surface area contributed by atoms with Crippen molar-refractivity contribution in [3.8, 4) is 5.75 Å². The fourth-order valence-electron chi connectivity index (χ4n) is 3.73. The number of aromatic amines is 1. The number of aromatic nitrogens is 1. The molecule has 0 fully saturated rings. The molecule has 3 unspecified atom stereocenters. The van der Waals surface area contributed by atoms with Crippen molar-refractivity contribution >= 4 is 34.6 Å². The Labute approximate surface area is 211 Å². The SMILES string of the molecule is NC(CO)C(=O)NC(Cc1ccc(O)cc1)C(=O)NC(Cc1c[nH]c2ccccc12)C(=O)NCC(=O)O. The molecule has 0 aliphatic heterocycles. The number of nitrogens with one attached hydrogen (secondary N) is 4. The van der Waals surface area contributed by atoms with Crippen molar-refractivity contribution in [2.45, 2.75) is 31.0 Å². The molecule has 0 aliphatic rings. The van der Waals surface area contributed by atoms with E-state index in [0.29, 0.717) is 11.1 Å². The molecule has 0 spiro atoms. The minimum atomic E-state index is -1.27. The van der Waals surface area contributed by atoms with Crippen molar-refractivity contribution in [2.75, 3.05) is 13.2 Å². The van der Waals surface area contributed by atoms with E-state index in [1.54, 1.807) is 18.3 Å². The smallest absolute Gasteiger partial charge is 0.322 e. The van der Waals surface area contributed by atoms with Gasteiger partial charge in [-0.2, -0.15) is 0 Å². The Morgan fingerprint density at radius 1 is 0.892 bits per heavy atom. The Kier molecular flexibility index (Phi) is 9.19. The van der Waals surface area contributed by atoms with Gasteiger partial charge in [0.25, 0.3) is 0 Å². The topological polar surface area (TPSA) is 207 Å². The zero-order valence-corrected chi connectivity index (χ0v) is 19.8. The van der Waals surface area contributed by atoms with Crippen molar-refractivity contribution in [3.05, 3.63) is 65.9 Å². The molecule has 0 aliphatic carbocycles. The maximum atomic E-state index is 13.3. The van der Waals surface area contributed by atoms with Crippen molar-refractivity contribution in [1.82, 2.24) is 20.9 Å². The van der Waals surface area contributed by atoms with E-state index in [-0.39, 0.29) is 18.6 Å². The number of carbonyl (C=O) groups excluding carboxylic acids is 3. The standard InChI is InChI=1S/C25H29N5O7/c26-18(13-31)23(35)29-20(9-14-5-7-16(32)8-6-14)25(37)30-21(24(36)28-12-22(33)34)10-15-11-27-19-4-2-1-3-17(15)19/h1-8,11,18,20-21,27,31-32H,9-10,12-13,26H2,(H,28,36)(H,29,35)(H,30,37)(H,33,34). The number of aromatic hydroxyl groups is 1. The molecule has 196 valence electrons. The van der Waals surface area contributed by atoms with Crippen LogP contribution in [0.4, 0.5) is 0 Å². The highest BCUT2D eigenvalue weighted by Crippen LogP contribution is 2.19. The molecule has 1 aromatic heterocycles. The fraction of sp³-hybridized carbons (Fsp3) is 0.280. The summed E-state index contributed by atoms with van der Waals surface area (Å²) in [6.07, 6.45) is 1.73. The number of amides is 3. The lowest BCUT2D eigenvalue weighted by Gasteiger charge is -2.24. The molecule has 1 heterocycles. The summed E-state index contributed by atoms with van der Waals surface area (Å²) in [6, 6.07) is 9.72. The summed E-state index contributed by atoms with van der Waals surface area (Å²) in [5.41, 5.74) is 7.72. The average molecular weight is 512 g/mol. The van der Waals surface area contributed by atoms with E-state index in [2.05, 4.69) is 20.9 Å². The van der Waals surface area contributed by atoms with E-state index in [9.17, 15) is 29.4 Å². The first-order valence-electron chi connectivity index (χ1n) is 11.5. The van der Waals surface area contributed by atoms with Gasteiger partial charge in [-0.1, -0.05) is 30.3 Å². The highest BCUT2D eigenvalue weighted by molar-refractivity contribution is 5.94. The molecule has 3 aromatic rings. The number of benzene rings is 2. The third-order valence-corrected chi connectivity index (χ3v) is 5.69. The van der Waals surface area contributed by atoms with Gasteiger partial charge in [0, 0.05) is 29.9 Å². The number of aliphatic hydroxyl groups excluding tert-OH is 1. The van der Waals surface area contributed by atoms with Crippen molar-refractivity contribution in [2.24, 2.45) is 5.73 Å². The minimum Gasteiger partial charge on any atom is -0.508 e. The third-order valence-electron chi connectivity index (χ3n) is 5.69. The summed E-state index contributed by atoms with van der Waals surface area (Å²) in [6.45, 7) is -1.28. The van der Waals surface area contributed by atoms with Crippen LogP contribution in [0, 0.1) is 0 Å². The Morgan fingerprint density at radius 3 is 2.22 bits per heavy atom. The first-order chi connectivity index (χ1) is 17.7. The Morgan fingerprint density at radius 2 is 1.54 bits per heavy atom. The lowest BCUT2D eigenvalue weighted by Crippen LogP contribution is -2.57. The minimum absolute atomic E-state index is 0.00739. The number of hydrogen-bond acceptors (Lipinski definition) is 7. The Hall–Kier alpha value is -4.42. The fourth-order valence-corrected chi connectivity index (χ4v) is 3.73. The van der Waals surface area contributed by atoms with E-state index in [1.807, 2.05) is 24.3 Å². The number of hydrogen-bond donors (Lipinski definition) is 8. The largest absolute Gasteiger partial charge is 0.508 e. The molecule has 12 heteroatoms. The van der Waals surface area contributed by atoms with Gasteiger partial charge in [0.05, 0.1) is 6.61 Å². The van der Waals surface area contributed by atoms with Gasteiger partial charge in [0.1, 0.15) is 30.4 Å². The normalized spacial score (nSPS) is 13.4. The molecule has 3 atom stereocenters. The molecule has 0 bridgehead atoms. The number of fused-ring (bicyclic) bond motifs is 1. The monoisotopic (exact) mass is 511 g/mol. The number of carboxylic acid groups (broad SMARTS) is 1. The Balaban J connectivity index is 1.85. The second-order valence-corrected chi connectivity index (χ2v) is 8.46. The lowest BCUT2D eigenvalue weighted by atomic mass is 10.0. The summed E-state index contributed by atoms with van der Waals surface area (Å²) in [5, 5.41) is 35.9. The molecule has 2 aromatic carbocycles. The molecule has 3 amide bonds. The maximum absolute atomic E-state index is 13.3. The molecule has 12 nitrogen and oxygen atoms in total. The van der Waals surface area contributed by atoms with E-state index in [0.717, 1.165) is 10.9 Å². The summed E-state index contributed by atoms with van der Waals surface area (Å²) in [4.78, 5) is 52.6. The van der Waals surface area contributed by atoms with Crippen molar-refractivity contribution < 1.29 is 34.5 Å². The number of aliphatic carboxylic acids is 1. The number of H-pyrrole nitrogens is 1. The van der Waals surface area contributed by atoms with E-state index in [1.165, 1.54) is 12.1 Å². The molecule has 9 N–H and O–H groups in total. The van der Waals surface area contributed by atoms with Gasteiger partial charge in [0.15, 0.2) is 0 Å². The van der Waals surface area contributed by atoms with Gasteiger partial charge in [-0.05, 0) is 29.3 Å². The van der Waals surface area contributed by atoms with Gasteiger partial charge in [-0.25, -0.2) is 0 Å². The van der Waals surface area contributed by atoms with Gasteiger partial charge < -0.3 is 42.0 Å². The van der Waals surface area contributed by atoms with E-state index >= 15 is 0 Å².